The highest BCUT2D eigenvalue weighted by molar-refractivity contribution is 7.16. The average Bonchev–Trinajstić information content (AvgIpc) is 3.41. The first-order valence-corrected chi connectivity index (χ1v) is 11.7. The van der Waals surface area contributed by atoms with Gasteiger partial charge in [0.25, 0.3) is 0 Å². The highest BCUT2D eigenvalue weighted by atomic mass is 32.1. The largest absolute Gasteiger partial charge is 0.390 e. The average molecular weight is 439 g/mol. The zero-order valence-electron chi connectivity index (χ0n) is 17.2. The van der Waals surface area contributed by atoms with Crippen molar-refractivity contribution in [1.29, 1.82) is 5.26 Å². The van der Waals surface area contributed by atoms with E-state index in [0.29, 0.717) is 47.8 Å². The van der Waals surface area contributed by atoms with Gasteiger partial charge in [-0.3, -0.25) is 10.00 Å². The number of thiophene rings is 1. The fourth-order valence-corrected chi connectivity index (χ4v) is 5.73. The Morgan fingerprint density at radius 3 is 2.87 bits per heavy atom. The van der Waals surface area contributed by atoms with E-state index in [-0.39, 0.29) is 6.61 Å². The lowest BCUT2D eigenvalue weighted by Crippen LogP contribution is -2.55. The Bertz CT molecular complexity index is 1070. The molecule has 4 N–H and O–H groups in total. The third-order valence-electron chi connectivity index (χ3n) is 6.31. The van der Waals surface area contributed by atoms with Gasteiger partial charge in [-0.1, -0.05) is 6.42 Å². The number of hydrogen-bond acceptors (Lipinski definition) is 9. The van der Waals surface area contributed by atoms with E-state index in [1.807, 2.05) is 11.4 Å². The van der Waals surface area contributed by atoms with Crippen LogP contribution in [0.5, 0.6) is 0 Å². The Kier molecular flexibility index (Phi) is 5.72. The smallest absolute Gasteiger partial charge is 0.226 e. The molecule has 0 spiro atoms. The SMILES string of the molecule is N#CCCN1[C@@H]2CCC[C@H]1CC(Nc1nc(Nc3cc(CO)[nH]n3)c3ccsc3n1)C2. The van der Waals surface area contributed by atoms with E-state index < -0.39 is 0 Å². The molecule has 5 rings (SSSR count). The lowest BCUT2D eigenvalue weighted by molar-refractivity contribution is 0.0369. The maximum Gasteiger partial charge on any atom is 0.226 e. The number of nitriles is 1. The highest BCUT2D eigenvalue weighted by Crippen LogP contribution is 2.36. The standard InChI is InChI=1S/C21H26N8OS/c22-6-2-7-29-15-3-1-4-16(29)10-13(9-15)23-21-25-19(17-5-8-31-20(17)26-21)24-18-11-14(12-30)27-28-18/h5,8,11,13,15-16,30H,1-4,7,9-10,12H2,(H3,23,24,25,26,27,28)/t13?,15-,16+. The number of nitrogens with zero attached hydrogens (tertiary/aromatic N) is 5. The number of aromatic amines is 1. The summed E-state index contributed by atoms with van der Waals surface area (Å²) in [7, 11) is 0. The molecule has 0 saturated carbocycles. The van der Waals surface area contributed by atoms with Gasteiger partial charge in [0.15, 0.2) is 5.82 Å². The van der Waals surface area contributed by atoms with Crippen molar-refractivity contribution >= 4 is 39.1 Å². The van der Waals surface area contributed by atoms with Gasteiger partial charge < -0.3 is 15.7 Å². The van der Waals surface area contributed by atoms with Gasteiger partial charge in [0.2, 0.25) is 5.95 Å². The molecule has 0 aliphatic carbocycles. The summed E-state index contributed by atoms with van der Waals surface area (Å²) in [6.45, 7) is 0.790. The van der Waals surface area contributed by atoms with Crippen LogP contribution in [-0.4, -0.2) is 54.8 Å². The number of aliphatic hydroxyl groups is 1. The van der Waals surface area contributed by atoms with E-state index in [2.05, 4.69) is 31.8 Å². The molecule has 31 heavy (non-hydrogen) atoms. The second kappa shape index (κ2) is 8.78. The van der Waals surface area contributed by atoms with Gasteiger partial charge in [0.05, 0.1) is 23.8 Å². The van der Waals surface area contributed by atoms with Crippen molar-refractivity contribution in [3.63, 3.8) is 0 Å². The van der Waals surface area contributed by atoms with Crippen molar-refractivity contribution in [2.24, 2.45) is 0 Å². The fourth-order valence-electron chi connectivity index (χ4n) is 4.97. The highest BCUT2D eigenvalue weighted by Gasteiger charge is 2.38. The molecule has 3 atom stereocenters. The van der Waals surface area contributed by atoms with Crippen LogP contribution in [0.25, 0.3) is 10.2 Å². The molecule has 0 aromatic carbocycles. The maximum atomic E-state index is 9.26. The first-order valence-electron chi connectivity index (χ1n) is 10.8. The predicted octanol–water partition coefficient (Wildman–Crippen LogP) is 3.36. The molecule has 2 bridgehead atoms. The van der Waals surface area contributed by atoms with E-state index in [0.717, 1.165) is 29.6 Å². The molecule has 2 saturated heterocycles. The molecule has 162 valence electrons. The molecule has 2 fully saturated rings. The quantitative estimate of drug-likeness (QED) is 0.442. The fraction of sp³-hybridized carbons (Fsp3) is 0.524. The van der Waals surface area contributed by atoms with E-state index in [1.54, 1.807) is 17.4 Å². The van der Waals surface area contributed by atoms with E-state index in [4.69, 9.17) is 15.2 Å². The van der Waals surface area contributed by atoms with Crippen LogP contribution in [0.2, 0.25) is 0 Å². The number of anilines is 3. The van der Waals surface area contributed by atoms with Gasteiger partial charge in [-0.15, -0.1) is 11.3 Å². The van der Waals surface area contributed by atoms with Crippen LogP contribution < -0.4 is 10.6 Å². The Morgan fingerprint density at radius 2 is 2.13 bits per heavy atom. The number of H-pyrrole nitrogens is 1. The molecule has 10 heteroatoms. The van der Waals surface area contributed by atoms with Crippen LogP contribution in [-0.2, 0) is 6.61 Å². The Morgan fingerprint density at radius 1 is 1.29 bits per heavy atom. The van der Waals surface area contributed by atoms with Crippen molar-refractivity contribution in [2.75, 3.05) is 17.2 Å². The second-order valence-electron chi connectivity index (χ2n) is 8.29. The molecule has 2 aliphatic heterocycles. The van der Waals surface area contributed by atoms with Crippen LogP contribution >= 0.6 is 11.3 Å². The zero-order valence-corrected chi connectivity index (χ0v) is 18.0. The maximum absolute atomic E-state index is 9.26. The number of rotatable bonds is 7. The minimum Gasteiger partial charge on any atom is -0.390 e. The molecule has 0 amide bonds. The minimum atomic E-state index is -0.0888. The Hall–Kier alpha value is -2.74. The zero-order chi connectivity index (χ0) is 21.2. The van der Waals surface area contributed by atoms with Crippen LogP contribution in [0.15, 0.2) is 17.5 Å². The first-order chi connectivity index (χ1) is 15.2. The Balaban J connectivity index is 1.34. The summed E-state index contributed by atoms with van der Waals surface area (Å²) in [5.41, 5.74) is 0.645. The van der Waals surface area contributed by atoms with E-state index >= 15 is 0 Å². The van der Waals surface area contributed by atoms with E-state index in [1.165, 1.54) is 19.3 Å². The first kappa shape index (κ1) is 20.2. The summed E-state index contributed by atoms with van der Waals surface area (Å²) in [6.07, 6.45) is 6.37. The van der Waals surface area contributed by atoms with Crippen LogP contribution in [0.4, 0.5) is 17.6 Å². The van der Waals surface area contributed by atoms with Gasteiger partial charge in [-0.2, -0.15) is 15.3 Å². The molecule has 2 aliphatic rings. The summed E-state index contributed by atoms with van der Waals surface area (Å²) in [4.78, 5) is 13.0. The summed E-state index contributed by atoms with van der Waals surface area (Å²) in [5.74, 6) is 1.95. The summed E-state index contributed by atoms with van der Waals surface area (Å²) < 4.78 is 0. The molecular weight excluding hydrogens is 412 g/mol. The third kappa shape index (κ3) is 4.21. The molecule has 0 radical (unpaired) electrons. The summed E-state index contributed by atoms with van der Waals surface area (Å²) in [5, 5.41) is 35.1. The lowest BCUT2D eigenvalue weighted by atomic mass is 9.81. The molecule has 5 heterocycles. The van der Waals surface area contributed by atoms with Crippen molar-refractivity contribution < 1.29 is 5.11 Å². The van der Waals surface area contributed by atoms with Gasteiger partial charge in [-0.05, 0) is 37.1 Å². The summed E-state index contributed by atoms with van der Waals surface area (Å²) in [6, 6.07) is 7.45. The van der Waals surface area contributed by atoms with Crippen molar-refractivity contribution in [1.82, 2.24) is 25.1 Å². The van der Waals surface area contributed by atoms with Gasteiger partial charge >= 0.3 is 0 Å². The monoisotopic (exact) mass is 438 g/mol. The minimum absolute atomic E-state index is 0.0888. The number of fused-ring (bicyclic) bond motifs is 3. The number of piperidine rings is 2. The molecule has 9 nitrogen and oxygen atoms in total. The van der Waals surface area contributed by atoms with Crippen molar-refractivity contribution in [3.05, 3.63) is 23.2 Å². The third-order valence-corrected chi connectivity index (χ3v) is 7.12. The van der Waals surface area contributed by atoms with Gasteiger partial charge in [-0.25, -0.2) is 4.98 Å². The molecule has 1 unspecified atom stereocenters. The topological polar surface area (TPSA) is 126 Å². The van der Waals surface area contributed by atoms with Gasteiger partial charge in [0, 0.05) is 37.2 Å². The van der Waals surface area contributed by atoms with Crippen LogP contribution in [0.3, 0.4) is 0 Å². The normalized spacial score (nSPS) is 23.5. The lowest BCUT2D eigenvalue weighted by Gasteiger charge is -2.48. The van der Waals surface area contributed by atoms with Crippen molar-refractivity contribution in [2.45, 2.75) is 63.3 Å². The number of aromatic nitrogens is 4. The Labute approximate surface area is 184 Å². The van der Waals surface area contributed by atoms with Crippen LogP contribution in [0.1, 0.15) is 44.2 Å². The molecule has 3 aromatic rings. The van der Waals surface area contributed by atoms with Crippen LogP contribution in [0, 0.1) is 11.3 Å². The number of hydrogen-bond donors (Lipinski definition) is 4. The van der Waals surface area contributed by atoms with E-state index in [9.17, 15) is 5.11 Å². The number of aliphatic hydroxyl groups excluding tert-OH is 1. The van der Waals surface area contributed by atoms with Gasteiger partial charge in [0.1, 0.15) is 10.6 Å². The second-order valence-corrected chi connectivity index (χ2v) is 9.19. The summed E-state index contributed by atoms with van der Waals surface area (Å²) >= 11 is 1.59. The number of nitrogens with one attached hydrogen (secondary N) is 3. The molecule has 3 aromatic heterocycles. The van der Waals surface area contributed by atoms with Crippen molar-refractivity contribution in [3.8, 4) is 6.07 Å². The molecular formula is C21H26N8OS. The predicted molar refractivity (Wildman–Crippen MR) is 120 cm³/mol.